The van der Waals surface area contributed by atoms with Crippen molar-refractivity contribution in [1.29, 1.82) is 0 Å². The van der Waals surface area contributed by atoms with E-state index < -0.39 is 0 Å². The second-order valence-corrected chi connectivity index (χ2v) is 6.32. The van der Waals surface area contributed by atoms with E-state index in [1.165, 1.54) is 12.8 Å². The molecule has 0 spiro atoms. The summed E-state index contributed by atoms with van der Waals surface area (Å²) in [5, 5.41) is 0. The summed E-state index contributed by atoms with van der Waals surface area (Å²) in [6, 6.07) is 5.79. The minimum Gasteiger partial charge on any atom is -0.329 e. The van der Waals surface area contributed by atoms with Crippen molar-refractivity contribution < 1.29 is 4.39 Å². The average Bonchev–Trinajstić information content (AvgIpc) is 2.41. The van der Waals surface area contributed by atoms with Crippen LogP contribution in [0.15, 0.2) is 22.7 Å². The number of nitrogens with two attached hydrogens (primary N) is 1. The van der Waals surface area contributed by atoms with Crippen LogP contribution in [0.4, 0.5) is 4.39 Å². The lowest BCUT2D eigenvalue weighted by Crippen LogP contribution is -2.39. The Morgan fingerprint density at radius 3 is 2.50 bits per heavy atom. The fourth-order valence-corrected chi connectivity index (χ4v) is 2.75. The predicted molar refractivity (Wildman–Crippen MR) is 87.3 cm³/mol. The van der Waals surface area contributed by atoms with Crippen molar-refractivity contribution in [1.82, 2.24) is 4.90 Å². The van der Waals surface area contributed by atoms with Crippen LogP contribution in [0.1, 0.15) is 51.6 Å². The third-order valence-corrected chi connectivity index (χ3v) is 4.28. The molecule has 0 aliphatic rings. The van der Waals surface area contributed by atoms with Gasteiger partial charge in [0.1, 0.15) is 5.82 Å². The molecule has 0 aromatic heterocycles. The smallest absolute Gasteiger partial charge is 0.137 e. The minimum absolute atomic E-state index is 0.0782. The van der Waals surface area contributed by atoms with Gasteiger partial charge in [0.25, 0.3) is 0 Å². The van der Waals surface area contributed by atoms with Gasteiger partial charge in [-0.3, -0.25) is 4.90 Å². The first-order valence-corrected chi connectivity index (χ1v) is 8.21. The molecular formula is C16H26BrFN2. The maximum absolute atomic E-state index is 13.7. The van der Waals surface area contributed by atoms with Crippen LogP contribution in [-0.4, -0.2) is 24.0 Å². The first-order valence-electron chi connectivity index (χ1n) is 7.42. The van der Waals surface area contributed by atoms with Gasteiger partial charge >= 0.3 is 0 Å². The zero-order valence-electron chi connectivity index (χ0n) is 12.7. The van der Waals surface area contributed by atoms with Crippen LogP contribution in [0.3, 0.4) is 0 Å². The van der Waals surface area contributed by atoms with Crippen LogP contribution in [0.25, 0.3) is 0 Å². The van der Waals surface area contributed by atoms with E-state index in [0.717, 1.165) is 18.5 Å². The maximum Gasteiger partial charge on any atom is 0.137 e. The Morgan fingerprint density at radius 1 is 1.30 bits per heavy atom. The minimum atomic E-state index is -0.224. The summed E-state index contributed by atoms with van der Waals surface area (Å²) in [6.45, 7) is 8.05. The van der Waals surface area contributed by atoms with Gasteiger partial charge in [0.05, 0.1) is 4.47 Å². The lowest BCUT2D eigenvalue weighted by Gasteiger charge is -2.34. The van der Waals surface area contributed by atoms with Gasteiger partial charge < -0.3 is 5.73 Å². The first-order chi connectivity index (χ1) is 9.51. The van der Waals surface area contributed by atoms with E-state index in [0.29, 0.717) is 17.1 Å². The number of rotatable bonds is 8. The van der Waals surface area contributed by atoms with Crippen molar-refractivity contribution in [2.45, 2.75) is 52.1 Å². The Kier molecular flexibility index (Phi) is 7.70. The zero-order chi connectivity index (χ0) is 15.1. The summed E-state index contributed by atoms with van der Waals surface area (Å²) in [6.07, 6.45) is 3.57. The molecule has 1 aromatic rings. The summed E-state index contributed by atoms with van der Waals surface area (Å²) in [7, 11) is 0. The average molecular weight is 345 g/mol. The van der Waals surface area contributed by atoms with Crippen molar-refractivity contribution in [3.05, 3.63) is 34.1 Å². The van der Waals surface area contributed by atoms with Gasteiger partial charge in [-0.2, -0.15) is 0 Å². The lowest BCUT2D eigenvalue weighted by atomic mass is 10.0. The van der Waals surface area contributed by atoms with Crippen LogP contribution in [0.2, 0.25) is 0 Å². The topological polar surface area (TPSA) is 29.3 Å². The van der Waals surface area contributed by atoms with Crippen molar-refractivity contribution in [2.24, 2.45) is 5.73 Å². The summed E-state index contributed by atoms with van der Waals surface area (Å²) in [5.41, 5.74) is 6.92. The van der Waals surface area contributed by atoms with Gasteiger partial charge in [-0.05, 0) is 60.4 Å². The standard InChI is InChI=1S/C16H26BrFN2/c1-4-5-6-9-20(12(2)3)16(11-19)13-7-8-14(17)15(18)10-13/h7-8,10,12,16H,4-6,9,11,19H2,1-3H3. The molecule has 0 amide bonds. The Bertz CT molecular complexity index is 409. The third kappa shape index (κ3) is 4.83. The first kappa shape index (κ1) is 17.6. The number of unbranched alkanes of at least 4 members (excludes halogenated alkanes) is 2. The van der Waals surface area contributed by atoms with E-state index in [9.17, 15) is 4.39 Å². The van der Waals surface area contributed by atoms with Gasteiger partial charge in [0, 0.05) is 18.6 Å². The quantitative estimate of drug-likeness (QED) is 0.704. The maximum atomic E-state index is 13.7. The van der Waals surface area contributed by atoms with Crippen molar-refractivity contribution in [3.8, 4) is 0 Å². The molecule has 20 heavy (non-hydrogen) atoms. The Balaban J connectivity index is 2.91. The molecule has 114 valence electrons. The Hall–Kier alpha value is -0.450. The molecule has 2 nitrogen and oxygen atoms in total. The fraction of sp³-hybridized carbons (Fsp3) is 0.625. The number of halogens is 2. The molecule has 0 fully saturated rings. The van der Waals surface area contributed by atoms with E-state index in [1.807, 2.05) is 6.07 Å². The molecule has 1 aromatic carbocycles. The highest BCUT2D eigenvalue weighted by Gasteiger charge is 2.22. The number of nitrogens with zero attached hydrogens (tertiary/aromatic N) is 1. The van der Waals surface area contributed by atoms with Gasteiger partial charge in [-0.1, -0.05) is 25.8 Å². The van der Waals surface area contributed by atoms with E-state index in [2.05, 4.69) is 41.6 Å². The fourth-order valence-electron chi connectivity index (χ4n) is 2.50. The second kappa shape index (κ2) is 8.75. The van der Waals surface area contributed by atoms with Crippen molar-refractivity contribution in [3.63, 3.8) is 0 Å². The zero-order valence-corrected chi connectivity index (χ0v) is 14.3. The molecule has 0 aliphatic carbocycles. The summed E-state index contributed by atoms with van der Waals surface area (Å²) >= 11 is 3.20. The van der Waals surface area contributed by atoms with E-state index in [4.69, 9.17) is 5.73 Å². The van der Waals surface area contributed by atoms with Crippen LogP contribution in [0.5, 0.6) is 0 Å². The second-order valence-electron chi connectivity index (χ2n) is 5.46. The van der Waals surface area contributed by atoms with Crippen molar-refractivity contribution in [2.75, 3.05) is 13.1 Å². The highest BCUT2D eigenvalue weighted by Crippen LogP contribution is 2.26. The van der Waals surface area contributed by atoms with E-state index in [-0.39, 0.29) is 11.9 Å². The number of hydrogen-bond acceptors (Lipinski definition) is 2. The molecule has 0 aliphatic heterocycles. The Morgan fingerprint density at radius 2 is 2.00 bits per heavy atom. The molecule has 1 rings (SSSR count). The van der Waals surface area contributed by atoms with Gasteiger partial charge in [0.2, 0.25) is 0 Å². The molecule has 0 saturated heterocycles. The highest BCUT2D eigenvalue weighted by atomic mass is 79.9. The molecule has 0 bridgehead atoms. The lowest BCUT2D eigenvalue weighted by molar-refractivity contribution is 0.153. The normalized spacial score (nSPS) is 13.2. The monoisotopic (exact) mass is 344 g/mol. The SMILES string of the molecule is CCCCCN(C(C)C)C(CN)c1ccc(Br)c(F)c1. The summed E-state index contributed by atoms with van der Waals surface area (Å²) in [5.74, 6) is -0.224. The third-order valence-electron chi connectivity index (χ3n) is 3.64. The van der Waals surface area contributed by atoms with E-state index >= 15 is 0 Å². The molecule has 1 atom stereocenters. The molecule has 0 heterocycles. The van der Waals surface area contributed by atoms with Gasteiger partial charge in [0.15, 0.2) is 0 Å². The van der Waals surface area contributed by atoms with Crippen LogP contribution < -0.4 is 5.73 Å². The highest BCUT2D eigenvalue weighted by molar-refractivity contribution is 9.10. The molecule has 4 heteroatoms. The molecule has 0 radical (unpaired) electrons. The van der Waals surface area contributed by atoms with E-state index in [1.54, 1.807) is 12.1 Å². The van der Waals surface area contributed by atoms with Crippen LogP contribution in [0, 0.1) is 5.82 Å². The Labute approximate surface area is 130 Å². The number of hydrogen-bond donors (Lipinski definition) is 1. The molecule has 1 unspecified atom stereocenters. The van der Waals surface area contributed by atoms with Crippen molar-refractivity contribution >= 4 is 15.9 Å². The molecule has 2 N–H and O–H groups in total. The van der Waals surface area contributed by atoms with Crippen LogP contribution in [-0.2, 0) is 0 Å². The largest absolute Gasteiger partial charge is 0.329 e. The van der Waals surface area contributed by atoms with Gasteiger partial charge in [-0.25, -0.2) is 4.39 Å². The summed E-state index contributed by atoms with van der Waals surface area (Å²) < 4.78 is 14.2. The molecule has 0 saturated carbocycles. The summed E-state index contributed by atoms with van der Waals surface area (Å²) in [4.78, 5) is 2.37. The predicted octanol–water partition coefficient (Wildman–Crippen LogP) is 4.49. The molecular weight excluding hydrogens is 319 g/mol. The number of benzene rings is 1. The van der Waals surface area contributed by atoms with Gasteiger partial charge in [-0.15, -0.1) is 0 Å². The van der Waals surface area contributed by atoms with Crippen LogP contribution >= 0.6 is 15.9 Å².